The molecule has 25 heavy (non-hydrogen) atoms. The number of hydrogen-bond acceptors (Lipinski definition) is 8. The van der Waals surface area contributed by atoms with Crippen molar-refractivity contribution in [3.63, 3.8) is 0 Å². The summed E-state index contributed by atoms with van der Waals surface area (Å²) in [5, 5.41) is 36.4. The smallest absolute Gasteiger partial charge is 0.244 e. The highest BCUT2D eigenvalue weighted by Crippen LogP contribution is 2.25. The van der Waals surface area contributed by atoms with Gasteiger partial charge in [-0.2, -0.15) is 10.1 Å². The molecule has 0 atom stereocenters. The number of phenolic OH excluding ortho intramolecular Hbond substituents is 2. The van der Waals surface area contributed by atoms with Crippen molar-refractivity contribution in [3.05, 3.63) is 41.4 Å². The summed E-state index contributed by atoms with van der Waals surface area (Å²) >= 11 is 0. The van der Waals surface area contributed by atoms with Crippen LogP contribution in [0.2, 0.25) is 0 Å². The summed E-state index contributed by atoms with van der Waals surface area (Å²) in [7, 11) is 1.85. The number of nitrogens with one attached hydrogen (secondary N) is 1. The molecule has 0 radical (unpaired) electrons. The summed E-state index contributed by atoms with van der Waals surface area (Å²) in [5.41, 5.74) is 0.866. The van der Waals surface area contributed by atoms with E-state index in [1.54, 1.807) is 26.0 Å². The first-order valence-electron chi connectivity index (χ1n) is 7.33. The Morgan fingerprint density at radius 1 is 1.40 bits per heavy atom. The normalized spacial score (nSPS) is 10.0. The highest BCUT2D eigenvalue weighted by Gasteiger charge is 2.08. The molecule has 0 aliphatic rings. The van der Waals surface area contributed by atoms with Crippen LogP contribution in [-0.2, 0) is 6.54 Å². The zero-order chi connectivity index (χ0) is 19.4. The van der Waals surface area contributed by atoms with E-state index in [4.69, 9.17) is 5.11 Å². The molecular formula is C16H26N6O3. The van der Waals surface area contributed by atoms with E-state index in [1.807, 2.05) is 18.9 Å². The van der Waals surface area contributed by atoms with Crippen molar-refractivity contribution in [2.75, 3.05) is 11.9 Å². The molecule has 0 unspecified atom stereocenters. The van der Waals surface area contributed by atoms with Crippen LogP contribution in [-0.4, -0.2) is 44.3 Å². The molecule has 1 aromatic carbocycles. The Bertz CT molecular complexity index is 680. The predicted octanol–water partition coefficient (Wildman–Crippen LogP) is 2.19. The fourth-order valence-electron chi connectivity index (χ4n) is 1.51. The summed E-state index contributed by atoms with van der Waals surface area (Å²) in [6, 6.07) is 4.72. The van der Waals surface area contributed by atoms with E-state index in [1.165, 1.54) is 12.1 Å². The highest BCUT2D eigenvalue weighted by atomic mass is 16.3. The third-order valence-electron chi connectivity index (χ3n) is 2.80. The molecule has 2 aromatic rings. The molecular weight excluding hydrogens is 324 g/mol. The summed E-state index contributed by atoms with van der Waals surface area (Å²) in [6.07, 6.45) is 1.64. The molecule has 0 saturated carbocycles. The van der Waals surface area contributed by atoms with Gasteiger partial charge in [0.05, 0.1) is 5.76 Å². The van der Waals surface area contributed by atoms with E-state index in [2.05, 4.69) is 32.8 Å². The number of nitrogens with zero attached hydrogens (tertiary/aromatic N) is 4. The number of aromatic hydroxyl groups is 2. The Labute approximate surface area is 147 Å². The van der Waals surface area contributed by atoms with Crippen molar-refractivity contribution in [3.8, 4) is 11.5 Å². The van der Waals surface area contributed by atoms with Gasteiger partial charge in [0, 0.05) is 20.3 Å². The van der Waals surface area contributed by atoms with Crippen LogP contribution in [0.1, 0.15) is 25.2 Å². The molecule has 0 aliphatic carbocycles. The number of benzene rings is 1. The van der Waals surface area contributed by atoms with Gasteiger partial charge in [0.15, 0.2) is 11.5 Å². The van der Waals surface area contributed by atoms with Gasteiger partial charge in [-0.3, -0.25) is 5.10 Å². The SMILES string of the molecule is C/C=C(\C)O.C=NN.Cc1nc(N(C)Cc2ccc(O)c(O)c2)n[nH]1. The number of aliphatic hydroxyl groups excluding tert-OH is 1. The Morgan fingerprint density at radius 2 is 1.96 bits per heavy atom. The van der Waals surface area contributed by atoms with E-state index in [-0.39, 0.29) is 11.5 Å². The number of phenols is 2. The lowest BCUT2D eigenvalue weighted by atomic mass is 10.2. The van der Waals surface area contributed by atoms with Crippen LogP contribution in [0.3, 0.4) is 0 Å². The van der Waals surface area contributed by atoms with Gasteiger partial charge in [0.1, 0.15) is 5.82 Å². The number of H-pyrrole nitrogens is 1. The van der Waals surface area contributed by atoms with Gasteiger partial charge in [-0.05, 0) is 38.5 Å². The molecule has 138 valence electrons. The van der Waals surface area contributed by atoms with Crippen molar-refractivity contribution in [2.24, 2.45) is 10.9 Å². The Balaban J connectivity index is 0.000000610. The van der Waals surface area contributed by atoms with Gasteiger partial charge in [-0.25, -0.2) is 0 Å². The minimum atomic E-state index is -0.123. The molecule has 6 N–H and O–H groups in total. The third kappa shape index (κ3) is 8.84. The molecule has 0 amide bonds. The monoisotopic (exact) mass is 350 g/mol. The van der Waals surface area contributed by atoms with Gasteiger partial charge in [0.25, 0.3) is 0 Å². The van der Waals surface area contributed by atoms with Gasteiger partial charge < -0.3 is 26.1 Å². The number of hydrazone groups is 1. The highest BCUT2D eigenvalue weighted by molar-refractivity contribution is 5.42. The first kappa shape index (κ1) is 21.8. The number of aromatic amines is 1. The number of nitrogens with two attached hydrogens (primary N) is 1. The lowest BCUT2D eigenvalue weighted by Gasteiger charge is -2.14. The number of aliphatic hydroxyl groups is 1. The average molecular weight is 350 g/mol. The Hall–Kier alpha value is -3.23. The van der Waals surface area contributed by atoms with Crippen LogP contribution in [0.15, 0.2) is 35.1 Å². The van der Waals surface area contributed by atoms with Gasteiger partial charge in [0.2, 0.25) is 5.95 Å². The molecule has 0 aliphatic heterocycles. The third-order valence-corrected chi connectivity index (χ3v) is 2.80. The standard InChI is InChI=1S/C11H14N4O2.C4H8O.CH4N2/c1-7-12-11(14-13-7)15(2)6-8-3-4-9(16)10(17)5-8;1-3-4(2)5;1-3-2/h3-5,16-17H,6H2,1-2H3,(H,12,13,14);3,5H,1-2H3;1-2H2/b;4-3+;. The maximum absolute atomic E-state index is 9.38. The van der Waals surface area contributed by atoms with Crippen molar-refractivity contribution in [2.45, 2.75) is 27.3 Å². The number of anilines is 1. The number of aryl methyl sites for hydroxylation is 1. The maximum atomic E-state index is 9.38. The van der Waals surface area contributed by atoms with Crippen molar-refractivity contribution in [1.29, 1.82) is 0 Å². The number of rotatable bonds is 3. The van der Waals surface area contributed by atoms with Crippen molar-refractivity contribution < 1.29 is 15.3 Å². The molecule has 2 rings (SSSR count). The molecule has 1 aromatic heterocycles. The number of allylic oxidation sites excluding steroid dienone is 2. The molecule has 9 nitrogen and oxygen atoms in total. The first-order valence-corrected chi connectivity index (χ1v) is 7.33. The zero-order valence-electron chi connectivity index (χ0n) is 14.9. The zero-order valence-corrected chi connectivity index (χ0v) is 14.9. The largest absolute Gasteiger partial charge is 0.513 e. The van der Waals surface area contributed by atoms with Gasteiger partial charge in [-0.1, -0.05) is 12.1 Å². The second-order valence-electron chi connectivity index (χ2n) is 5.01. The molecule has 1 heterocycles. The summed E-state index contributed by atoms with van der Waals surface area (Å²) < 4.78 is 0. The number of aromatic nitrogens is 3. The lowest BCUT2D eigenvalue weighted by Crippen LogP contribution is -2.17. The van der Waals surface area contributed by atoms with E-state index in [9.17, 15) is 10.2 Å². The molecule has 0 bridgehead atoms. The molecule has 9 heteroatoms. The van der Waals surface area contributed by atoms with Gasteiger partial charge in [-0.15, -0.1) is 5.10 Å². The van der Waals surface area contributed by atoms with E-state index < -0.39 is 0 Å². The Kier molecular flexibility index (Phi) is 9.86. The topological polar surface area (TPSA) is 144 Å². The van der Waals surface area contributed by atoms with E-state index in [0.29, 0.717) is 18.3 Å². The first-order chi connectivity index (χ1) is 11.7. The summed E-state index contributed by atoms with van der Waals surface area (Å²) in [4.78, 5) is 6.04. The summed E-state index contributed by atoms with van der Waals surface area (Å²) in [6.45, 7) is 8.69. The summed E-state index contributed by atoms with van der Waals surface area (Å²) in [5.74, 6) is 5.84. The van der Waals surface area contributed by atoms with Crippen LogP contribution >= 0.6 is 0 Å². The maximum Gasteiger partial charge on any atom is 0.244 e. The average Bonchev–Trinajstić information content (AvgIpc) is 2.99. The van der Waals surface area contributed by atoms with Crippen LogP contribution in [0.4, 0.5) is 5.95 Å². The predicted molar refractivity (Wildman–Crippen MR) is 98.8 cm³/mol. The van der Waals surface area contributed by atoms with Crippen LogP contribution < -0.4 is 10.7 Å². The van der Waals surface area contributed by atoms with E-state index in [0.717, 1.165) is 11.4 Å². The van der Waals surface area contributed by atoms with Gasteiger partial charge >= 0.3 is 0 Å². The van der Waals surface area contributed by atoms with Crippen molar-refractivity contribution in [1.82, 2.24) is 15.2 Å². The van der Waals surface area contributed by atoms with E-state index >= 15 is 0 Å². The second-order valence-corrected chi connectivity index (χ2v) is 5.01. The van der Waals surface area contributed by atoms with Crippen LogP contribution in [0.5, 0.6) is 11.5 Å². The fourth-order valence-corrected chi connectivity index (χ4v) is 1.51. The Morgan fingerprint density at radius 3 is 2.36 bits per heavy atom. The molecule has 0 saturated heterocycles. The molecule has 0 fully saturated rings. The fraction of sp³-hybridized carbons (Fsp3) is 0.312. The van der Waals surface area contributed by atoms with Crippen molar-refractivity contribution >= 4 is 12.7 Å². The second kappa shape index (κ2) is 11.3. The van der Waals surface area contributed by atoms with Crippen LogP contribution in [0.25, 0.3) is 0 Å². The minimum Gasteiger partial charge on any atom is -0.513 e. The molecule has 0 spiro atoms. The van der Waals surface area contributed by atoms with Crippen LogP contribution in [0, 0.1) is 6.92 Å². The lowest BCUT2D eigenvalue weighted by molar-refractivity contribution is 0.403. The quantitative estimate of drug-likeness (QED) is 0.188. The minimum absolute atomic E-state index is 0.120. The number of hydrogen-bond donors (Lipinski definition) is 5.